The Balaban J connectivity index is 1.75. The number of hydrogen-bond donors (Lipinski definition) is 1. The number of nitrogens with zero attached hydrogens (tertiary/aromatic N) is 4. The third kappa shape index (κ3) is 3.03. The number of hydrogen-bond acceptors (Lipinski definition) is 5. The van der Waals surface area contributed by atoms with E-state index < -0.39 is 0 Å². The van der Waals surface area contributed by atoms with Gasteiger partial charge in [0, 0.05) is 23.6 Å². The Hall–Kier alpha value is -3.61. The normalized spacial score (nSPS) is 10.8. The Labute approximate surface area is 156 Å². The van der Waals surface area contributed by atoms with Gasteiger partial charge in [0.1, 0.15) is 11.6 Å². The van der Waals surface area contributed by atoms with Gasteiger partial charge in [0.15, 0.2) is 17.3 Å². The molecule has 0 saturated carbocycles. The Morgan fingerprint density at radius 3 is 2.48 bits per heavy atom. The van der Waals surface area contributed by atoms with E-state index in [1.165, 1.54) is 0 Å². The van der Waals surface area contributed by atoms with Crippen LogP contribution in [0.4, 0.5) is 0 Å². The van der Waals surface area contributed by atoms with Gasteiger partial charge < -0.3 is 9.47 Å². The second-order valence-electron chi connectivity index (χ2n) is 5.95. The fourth-order valence-electron chi connectivity index (χ4n) is 3.02. The van der Waals surface area contributed by atoms with Crippen molar-refractivity contribution in [3.05, 3.63) is 60.7 Å². The van der Waals surface area contributed by atoms with Crippen molar-refractivity contribution < 1.29 is 9.47 Å². The zero-order valence-corrected chi connectivity index (χ0v) is 15.3. The molecule has 0 aliphatic heterocycles. The number of H-pyrrole nitrogens is 1. The lowest BCUT2D eigenvalue weighted by Gasteiger charge is -2.14. The topological polar surface area (TPSA) is 77.9 Å². The van der Waals surface area contributed by atoms with E-state index in [0.717, 1.165) is 28.5 Å². The Bertz CT molecular complexity index is 1070. The van der Waals surface area contributed by atoms with E-state index >= 15 is 0 Å². The number of methoxy groups -OCH3 is 2. The summed E-state index contributed by atoms with van der Waals surface area (Å²) in [5.41, 5.74) is 2.78. The molecule has 7 nitrogen and oxygen atoms in total. The first-order valence-electron chi connectivity index (χ1n) is 8.46. The summed E-state index contributed by atoms with van der Waals surface area (Å²) in [5, 5.41) is 7.06. The maximum absolute atomic E-state index is 5.56. The van der Waals surface area contributed by atoms with E-state index in [2.05, 4.69) is 20.2 Å². The molecular weight excluding hydrogens is 342 g/mol. The first kappa shape index (κ1) is 16.8. The van der Waals surface area contributed by atoms with E-state index in [9.17, 15) is 0 Å². The summed E-state index contributed by atoms with van der Waals surface area (Å²) in [6.07, 6.45) is 3.68. The van der Waals surface area contributed by atoms with E-state index in [-0.39, 0.29) is 0 Å². The number of ether oxygens (including phenoxy) is 2. The van der Waals surface area contributed by atoms with Gasteiger partial charge in [-0.25, -0.2) is 9.97 Å². The molecule has 0 bridgehead atoms. The van der Waals surface area contributed by atoms with Crippen molar-refractivity contribution in [3.8, 4) is 40.0 Å². The SMILES string of the molecule is COc1cccc(-c2nccn2-c2ccc(-c3n[nH]c(C)n3)cc2)c1OC. The lowest BCUT2D eigenvalue weighted by molar-refractivity contribution is 0.356. The molecule has 4 rings (SSSR count). The van der Waals surface area contributed by atoms with Crippen molar-refractivity contribution in [3.63, 3.8) is 0 Å². The van der Waals surface area contributed by atoms with Crippen LogP contribution in [0.3, 0.4) is 0 Å². The van der Waals surface area contributed by atoms with Crippen LogP contribution >= 0.6 is 0 Å². The Morgan fingerprint density at radius 1 is 1.00 bits per heavy atom. The third-order valence-corrected chi connectivity index (χ3v) is 4.29. The van der Waals surface area contributed by atoms with Crippen molar-refractivity contribution in [1.29, 1.82) is 0 Å². The average Bonchev–Trinajstić information content (AvgIpc) is 3.36. The van der Waals surface area contributed by atoms with Gasteiger partial charge in [-0.2, -0.15) is 5.10 Å². The number of aryl methyl sites for hydroxylation is 1. The second-order valence-corrected chi connectivity index (χ2v) is 5.95. The first-order valence-corrected chi connectivity index (χ1v) is 8.46. The van der Waals surface area contributed by atoms with Crippen LogP contribution < -0.4 is 9.47 Å². The summed E-state index contributed by atoms with van der Waals surface area (Å²) in [6.45, 7) is 1.88. The molecule has 0 atom stereocenters. The summed E-state index contributed by atoms with van der Waals surface area (Å²) in [5.74, 6) is 3.56. The largest absolute Gasteiger partial charge is 0.493 e. The fraction of sp³-hybridized carbons (Fsp3) is 0.150. The highest BCUT2D eigenvalue weighted by atomic mass is 16.5. The van der Waals surface area contributed by atoms with Crippen LogP contribution in [0.5, 0.6) is 11.5 Å². The highest BCUT2D eigenvalue weighted by Gasteiger charge is 2.16. The van der Waals surface area contributed by atoms with Gasteiger partial charge in [-0.3, -0.25) is 9.67 Å². The number of para-hydroxylation sites is 1. The smallest absolute Gasteiger partial charge is 0.181 e. The maximum atomic E-state index is 5.56. The fourth-order valence-corrected chi connectivity index (χ4v) is 3.02. The van der Waals surface area contributed by atoms with E-state index in [1.807, 2.05) is 60.2 Å². The molecule has 7 heteroatoms. The zero-order valence-electron chi connectivity index (χ0n) is 15.3. The molecule has 2 aromatic carbocycles. The molecule has 0 saturated heterocycles. The van der Waals surface area contributed by atoms with Crippen LogP contribution in [0.25, 0.3) is 28.5 Å². The molecule has 136 valence electrons. The minimum Gasteiger partial charge on any atom is -0.493 e. The number of aromatic amines is 1. The molecule has 27 heavy (non-hydrogen) atoms. The molecule has 4 aromatic rings. The maximum Gasteiger partial charge on any atom is 0.181 e. The summed E-state index contributed by atoms with van der Waals surface area (Å²) < 4.78 is 13.0. The molecule has 0 fully saturated rings. The predicted octanol–water partition coefficient (Wildman–Crippen LogP) is 3.65. The van der Waals surface area contributed by atoms with Crippen LogP contribution in [0.1, 0.15) is 5.82 Å². The van der Waals surface area contributed by atoms with Crippen LogP contribution in [0.15, 0.2) is 54.9 Å². The lowest BCUT2D eigenvalue weighted by Crippen LogP contribution is -1.99. The Kier molecular flexibility index (Phi) is 4.33. The highest BCUT2D eigenvalue weighted by molar-refractivity contribution is 5.71. The quantitative estimate of drug-likeness (QED) is 0.587. The van der Waals surface area contributed by atoms with Crippen molar-refractivity contribution >= 4 is 0 Å². The summed E-state index contributed by atoms with van der Waals surface area (Å²) >= 11 is 0. The number of nitrogens with one attached hydrogen (secondary N) is 1. The minimum absolute atomic E-state index is 0.653. The van der Waals surface area contributed by atoms with E-state index in [0.29, 0.717) is 17.3 Å². The minimum atomic E-state index is 0.653. The lowest BCUT2D eigenvalue weighted by atomic mass is 10.1. The van der Waals surface area contributed by atoms with Gasteiger partial charge in [-0.1, -0.05) is 6.07 Å². The molecule has 0 spiro atoms. The molecular formula is C20H19N5O2. The molecule has 0 unspecified atom stereocenters. The van der Waals surface area contributed by atoms with Gasteiger partial charge in [-0.05, 0) is 43.3 Å². The van der Waals surface area contributed by atoms with Gasteiger partial charge >= 0.3 is 0 Å². The first-order chi connectivity index (χ1) is 13.2. The van der Waals surface area contributed by atoms with Crippen molar-refractivity contribution in [2.75, 3.05) is 14.2 Å². The van der Waals surface area contributed by atoms with Crippen LogP contribution in [0.2, 0.25) is 0 Å². The number of imidazole rings is 1. The summed E-state index contributed by atoms with van der Waals surface area (Å²) in [7, 11) is 3.25. The number of benzene rings is 2. The van der Waals surface area contributed by atoms with Gasteiger partial charge in [-0.15, -0.1) is 0 Å². The van der Waals surface area contributed by atoms with Crippen LogP contribution in [0, 0.1) is 6.92 Å². The van der Waals surface area contributed by atoms with E-state index in [1.54, 1.807) is 20.4 Å². The Morgan fingerprint density at radius 2 is 1.81 bits per heavy atom. The van der Waals surface area contributed by atoms with Crippen molar-refractivity contribution in [2.45, 2.75) is 6.92 Å². The molecule has 2 aromatic heterocycles. The van der Waals surface area contributed by atoms with E-state index in [4.69, 9.17) is 9.47 Å². The number of rotatable bonds is 5. The van der Waals surface area contributed by atoms with Crippen LogP contribution in [-0.2, 0) is 0 Å². The monoisotopic (exact) mass is 361 g/mol. The third-order valence-electron chi connectivity index (χ3n) is 4.29. The highest BCUT2D eigenvalue weighted by Crippen LogP contribution is 2.37. The molecule has 0 aliphatic rings. The molecule has 2 heterocycles. The molecule has 1 N–H and O–H groups in total. The summed E-state index contributed by atoms with van der Waals surface area (Å²) in [6, 6.07) is 13.8. The standard InChI is InChI=1S/C20H19N5O2/c1-13-22-19(24-23-13)14-7-9-15(10-8-14)25-12-11-21-20(25)16-5-4-6-17(26-2)18(16)27-3/h4-12H,1-3H3,(H,22,23,24). The summed E-state index contributed by atoms with van der Waals surface area (Å²) in [4.78, 5) is 8.89. The second kappa shape index (κ2) is 6.95. The molecule has 0 aliphatic carbocycles. The van der Waals surface area contributed by atoms with Gasteiger partial charge in [0.05, 0.1) is 19.8 Å². The van der Waals surface area contributed by atoms with Crippen LogP contribution in [-0.4, -0.2) is 39.0 Å². The predicted molar refractivity (Wildman–Crippen MR) is 102 cm³/mol. The van der Waals surface area contributed by atoms with Gasteiger partial charge in [0.25, 0.3) is 0 Å². The number of aromatic nitrogens is 5. The average molecular weight is 361 g/mol. The van der Waals surface area contributed by atoms with Gasteiger partial charge in [0.2, 0.25) is 0 Å². The van der Waals surface area contributed by atoms with Crippen molar-refractivity contribution in [1.82, 2.24) is 24.7 Å². The molecule has 0 radical (unpaired) electrons. The molecule has 0 amide bonds. The zero-order chi connectivity index (χ0) is 18.8. The van der Waals surface area contributed by atoms with Crippen molar-refractivity contribution in [2.24, 2.45) is 0 Å².